The van der Waals surface area contributed by atoms with Crippen LogP contribution in [0.25, 0.3) is 0 Å². The van der Waals surface area contributed by atoms with Crippen molar-refractivity contribution in [1.29, 1.82) is 0 Å². The van der Waals surface area contributed by atoms with Gasteiger partial charge in [-0.3, -0.25) is 0 Å². The Morgan fingerprint density at radius 3 is 2.67 bits per heavy atom. The van der Waals surface area contributed by atoms with Crippen LogP contribution in [0.5, 0.6) is 0 Å². The number of hydrogen-bond acceptors (Lipinski definition) is 2. The highest BCUT2D eigenvalue weighted by Crippen LogP contribution is 2.36. The highest BCUT2D eigenvalue weighted by Gasteiger charge is 2.35. The van der Waals surface area contributed by atoms with Crippen LogP contribution in [0.4, 0.5) is 0 Å². The predicted molar refractivity (Wildman–Crippen MR) is 74.3 cm³/mol. The van der Waals surface area contributed by atoms with E-state index in [1.54, 1.807) is 0 Å². The molecular weight excluding hydrogens is 319 g/mol. The Morgan fingerprint density at radius 1 is 1.47 bits per heavy atom. The molecule has 1 fully saturated rings. The molecule has 2 unspecified atom stereocenters. The molecule has 1 heterocycles. The molecule has 1 aliphatic rings. The van der Waals surface area contributed by atoms with Crippen molar-refractivity contribution >= 4 is 34.4 Å². The normalized spacial score (nSPS) is 30.7. The third-order valence-electron chi connectivity index (χ3n) is 2.75. The third-order valence-corrected chi connectivity index (χ3v) is 4.91. The van der Waals surface area contributed by atoms with Gasteiger partial charge >= 0.3 is 0 Å². The van der Waals surface area contributed by atoms with Gasteiger partial charge in [0, 0.05) is 21.0 Å². The SMILES string of the molecule is CC1CC(O)(Cc2ccc(I)cc2)CS1. The smallest absolute Gasteiger partial charge is 0.0788 e. The van der Waals surface area contributed by atoms with Gasteiger partial charge in [0.1, 0.15) is 0 Å². The minimum absolute atomic E-state index is 0.475. The van der Waals surface area contributed by atoms with Crippen LogP contribution >= 0.6 is 34.4 Å². The van der Waals surface area contributed by atoms with Crippen LogP contribution in [0, 0.1) is 3.57 Å². The molecule has 2 rings (SSSR count). The van der Waals surface area contributed by atoms with Gasteiger partial charge in [-0.2, -0.15) is 11.8 Å². The molecule has 0 aliphatic carbocycles. The van der Waals surface area contributed by atoms with Gasteiger partial charge in [-0.25, -0.2) is 0 Å². The van der Waals surface area contributed by atoms with E-state index in [0.29, 0.717) is 5.25 Å². The predicted octanol–water partition coefficient (Wildman–Crippen LogP) is 3.09. The van der Waals surface area contributed by atoms with E-state index in [1.807, 2.05) is 11.8 Å². The summed E-state index contributed by atoms with van der Waals surface area (Å²) in [6, 6.07) is 8.44. The Morgan fingerprint density at radius 2 is 2.13 bits per heavy atom. The van der Waals surface area contributed by atoms with E-state index in [1.165, 1.54) is 9.13 Å². The minimum atomic E-state index is -0.475. The van der Waals surface area contributed by atoms with Gasteiger partial charge in [-0.05, 0) is 46.7 Å². The maximum absolute atomic E-state index is 10.4. The van der Waals surface area contributed by atoms with Crippen LogP contribution in [-0.2, 0) is 6.42 Å². The summed E-state index contributed by atoms with van der Waals surface area (Å²) in [6.45, 7) is 2.19. The van der Waals surface area contributed by atoms with Gasteiger partial charge in [0.2, 0.25) is 0 Å². The molecular formula is C12H15IOS. The molecule has 0 saturated carbocycles. The largest absolute Gasteiger partial charge is 0.389 e. The van der Waals surface area contributed by atoms with E-state index >= 15 is 0 Å². The van der Waals surface area contributed by atoms with Crippen molar-refractivity contribution < 1.29 is 5.11 Å². The fourth-order valence-corrected chi connectivity index (χ4v) is 3.66. The second-order valence-corrected chi connectivity index (χ2v) is 7.03. The lowest BCUT2D eigenvalue weighted by atomic mass is 9.92. The fourth-order valence-electron chi connectivity index (χ4n) is 2.06. The summed E-state index contributed by atoms with van der Waals surface area (Å²) in [6.07, 6.45) is 1.71. The summed E-state index contributed by atoms with van der Waals surface area (Å²) >= 11 is 4.18. The minimum Gasteiger partial charge on any atom is -0.389 e. The Kier molecular flexibility index (Phi) is 3.63. The Balaban J connectivity index is 2.05. The van der Waals surface area contributed by atoms with Crippen molar-refractivity contribution in [3.63, 3.8) is 0 Å². The Labute approximate surface area is 109 Å². The van der Waals surface area contributed by atoms with Crippen LogP contribution in [0.15, 0.2) is 24.3 Å². The van der Waals surface area contributed by atoms with Gasteiger partial charge in [0.05, 0.1) is 5.60 Å². The number of hydrogen-bond donors (Lipinski definition) is 1. The Hall–Kier alpha value is 0.260. The molecule has 0 bridgehead atoms. The molecule has 15 heavy (non-hydrogen) atoms. The number of thioether (sulfide) groups is 1. The molecule has 0 spiro atoms. The lowest BCUT2D eigenvalue weighted by molar-refractivity contribution is 0.0642. The molecule has 1 saturated heterocycles. The van der Waals surface area contributed by atoms with E-state index in [-0.39, 0.29) is 0 Å². The molecule has 1 aromatic rings. The second kappa shape index (κ2) is 4.63. The molecule has 2 atom stereocenters. The Bertz CT molecular complexity index is 338. The molecule has 1 nitrogen and oxygen atoms in total. The van der Waals surface area contributed by atoms with E-state index in [2.05, 4.69) is 53.8 Å². The topological polar surface area (TPSA) is 20.2 Å². The summed E-state index contributed by atoms with van der Waals surface area (Å²) < 4.78 is 1.25. The van der Waals surface area contributed by atoms with Gasteiger partial charge in [0.25, 0.3) is 0 Å². The van der Waals surface area contributed by atoms with Crippen molar-refractivity contribution in [3.8, 4) is 0 Å². The highest BCUT2D eigenvalue weighted by atomic mass is 127. The van der Waals surface area contributed by atoms with E-state index in [0.717, 1.165) is 18.6 Å². The lowest BCUT2D eigenvalue weighted by Gasteiger charge is -2.21. The summed E-state index contributed by atoms with van der Waals surface area (Å²) in [5, 5.41) is 11.0. The van der Waals surface area contributed by atoms with Crippen LogP contribution in [0.2, 0.25) is 0 Å². The van der Waals surface area contributed by atoms with E-state index in [9.17, 15) is 5.11 Å². The molecule has 0 radical (unpaired) electrons. The van der Waals surface area contributed by atoms with E-state index < -0.39 is 5.60 Å². The standard InChI is InChI=1S/C12H15IOS/c1-9-6-12(14,8-15-9)7-10-2-4-11(13)5-3-10/h2-5,9,14H,6-8H2,1H3. The maximum Gasteiger partial charge on any atom is 0.0788 e. The molecule has 82 valence electrons. The fraction of sp³-hybridized carbons (Fsp3) is 0.500. The van der Waals surface area contributed by atoms with Crippen molar-refractivity contribution in [2.75, 3.05) is 5.75 Å². The summed E-state index contributed by atoms with van der Waals surface area (Å²) in [5.74, 6) is 0.875. The van der Waals surface area contributed by atoms with E-state index in [4.69, 9.17) is 0 Å². The van der Waals surface area contributed by atoms with Gasteiger partial charge in [0.15, 0.2) is 0 Å². The summed E-state index contributed by atoms with van der Waals surface area (Å²) in [4.78, 5) is 0. The van der Waals surface area contributed by atoms with Crippen molar-refractivity contribution in [3.05, 3.63) is 33.4 Å². The van der Waals surface area contributed by atoms with Gasteiger partial charge in [-0.1, -0.05) is 19.1 Å². The lowest BCUT2D eigenvalue weighted by Crippen LogP contribution is -2.31. The summed E-state index contributed by atoms with van der Waals surface area (Å²) in [5.41, 5.74) is 0.768. The van der Waals surface area contributed by atoms with Crippen molar-refractivity contribution in [1.82, 2.24) is 0 Å². The van der Waals surface area contributed by atoms with Crippen molar-refractivity contribution in [2.24, 2.45) is 0 Å². The molecule has 3 heteroatoms. The quantitative estimate of drug-likeness (QED) is 0.839. The first-order valence-corrected chi connectivity index (χ1v) is 7.29. The zero-order chi connectivity index (χ0) is 10.9. The van der Waals surface area contributed by atoms with Gasteiger partial charge in [-0.15, -0.1) is 0 Å². The van der Waals surface area contributed by atoms with Gasteiger partial charge < -0.3 is 5.11 Å². The molecule has 1 aromatic carbocycles. The van der Waals surface area contributed by atoms with Crippen LogP contribution in [-0.4, -0.2) is 21.7 Å². The zero-order valence-corrected chi connectivity index (χ0v) is 11.7. The first-order valence-electron chi connectivity index (χ1n) is 5.16. The monoisotopic (exact) mass is 334 g/mol. The number of halogens is 1. The first-order chi connectivity index (χ1) is 7.07. The average molecular weight is 334 g/mol. The zero-order valence-electron chi connectivity index (χ0n) is 8.74. The number of benzene rings is 1. The summed E-state index contributed by atoms with van der Waals surface area (Å²) in [7, 11) is 0. The average Bonchev–Trinajstić information content (AvgIpc) is 2.50. The van der Waals surface area contributed by atoms with Crippen LogP contribution < -0.4 is 0 Å². The third kappa shape index (κ3) is 3.11. The maximum atomic E-state index is 10.4. The number of aliphatic hydroxyl groups is 1. The van der Waals surface area contributed by atoms with Crippen LogP contribution in [0.3, 0.4) is 0 Å². The molecule has 0 aromatic heterocycles. The highest BCUT2D eigenvalue weighted by molar-refractivity contribution is 14.1. The van der Waals surface area contributed by atoms with Crippen LogP contribution in [0.1, 0.15) is 18.9 Å². The molecule has 0 amide bonds. The van der Waals surface area contributed by atoms with Crippen molar-refractivity contribution in [2.45, 2.75) is 30.6 Å². The molecule has 1 aliphatic heterocycles. The first kappa shape index (κ1) is 11.7. The second-order valence-electron chi connectivity index (χ2n) is 4.35. The molecule has 1 N–H and O–H groups in total. The number of rotatable bonds is 2.